The second kappa shape index (κ2) is 6.70. The van der Waals surface area contributed by atoms with Crippen LogP contribution in [0.3, 0.4) is 0 Å². The molecule has 2 rings (SSSR count). The van der Waals surface area contributed by atoms with Gasteiger partial charge in [0.15, 0.2) is 0 Å². The van der Waals surface area contributed by atoms with E-state index in [1.54, 1.807) is 12.1 Å². The summed E-state index contributed by atoms with van der Waals surface area (Å²) < 4.78 is 27.7. The zero-order valence-electron chi connectivity index (χ0n) is 12.3. The van der Waals surface area contributed by atoms with Crippen molar-refractivity contribution < 1.29 is 8.42 Å². The molecule has 0 spiro atoms. The Labute approximate surface area is 122 Å². The van der Waals surface area contributed by atoms with Crippen LogP contribution in [0.25, 0.3) is 0 Å². The minimum Gasteiger partial charge on any atom is -0.316 e. The second-order valence-corrected chi connectivity index (χ2v) is 7.13. The summed E-state index contributed by atoms with van der Waals surface area (Å²) in [7, 11) is -1.51. The average Bonchev–Trinajstić information content (AvgIpc) is 2.91. The van der Waals surface area contributed by atoms with Gasteiger partial charge in [0.1, 0.15) is 0 Å². The van der Waals surface area contributed by atoms with Gasteiger partial charge in [0.05, 0.1) is 4.90 Å². The van der Waals surface area contributed by atoms with Gasteiger partial charge in [-0.05, 0) is 49.6 Å². The van der Waals surface area contributed by atoms with E-state index in [9.17, 15) is 8.42 Å². The highest BCUT2D eigenvalue weighted by atomic mass is 32.2. The first-order valence-corrected chi connectivity index (χ1v) is 8.84. The van der Waals surface area contributed by atoms with Crippen molar-refractivity contribution in [1.29, 1.82) is 0 Å². The summed E-state index contributed by atoms with van der Waals surface area (Å²) in [6.45, 7) is 2.77. The van der Waals surface area contributed by atoms with Gasteiger partial charge in [0.2, 0.25) is 10.0 Å². The Balaban J connectivity index is 2.24. The first kappa shape index (κ1) is 15.5. The molecule has 5 heteroatoms. The molecule has 0 radical (unpaired) electrons. The lowest BCUT2D eigenvalue weighted by molar-refractivity contribution is 0.552. The van der Waals surface area contributed by atoms with Crippen LogP contribution in [0.2, 0.25) is 0 Å². The van der Waals surface area contributed by atoms with Gasteiger partial charge in [-0.3, -0.25) is 0 Å². The van der Waals surface area contributed by atoms with E-state index in [4.69, 9.17) is 0 Å². The molecule has 1 saturated carbocycles. The van der Waals surface area contributed by atoms with Crippen molar-refractivity contribution in [3.8, 4) is 0 Å². The SMILES string of the molecule is CCc1ccc(S(=O)(=O)NC2CCCC2)cc1CNC. The molecular formula is C15H24N2O2S. The van der Waals surface area contributed by atoms with Crippen LogP contribution in [0.15, 0.2) is 23.1 Å². The Hall–Kier alpha value is -0.910. The number of aryl methyl sites for hydroxylation is 1. The van der Waals surface area contributed by atoms with Crippen molar-refractivity contribution in [2.75, 3.05) is 7.05 Å². The highest BCUT2D eigenvalue weighted by Crippen LogP contribution is 2.22. The van der Waals surface area contributed by atoms with Gasteiger partial charge in [-0.25, -0.2) is 13.1 Å². The van der Waals surface area contributed by atoms with Crippen molar-refractivity contribution in [3.63, 3.8) is 0 Å². The van der Waals surface area contributed by atoms with E-state index >= 15 is 0 Å². The third-order valence-electron chi connectivity index (χ3n) is 3.91. The lowest BCUT2D eigenvalue weighted by Gasteiger charge is -2.15. The molecule has 0 unspecified atom stereocenters. The normalized spacial score (nSPS) is 16.7. The van der Waals surface area contributed by atoms with Gasteiger partial charge >= 0.3 is 0 Å². The molecular weight excluding hydrogens is 272 g/mol. The molecule has 0 heterocycles. The van der Waals surface area contributed by atoms with Gasteiger partial charge in [-0.15, -0.1) is 0 Å². The van der Waals surface area contributed by atoms with Crippen molar-refractivity contribution in [1.82, 2.24) is 10.0 Å². The van der Waals surface area contributed by atoms with Gasteiger partial charge in [-0.1, -0.05) is 25.8 Å². The summed E-state index contributed by atoms with van der Waals surface area (Å²) in [4.78, 5) is 0.381. The van der Waals surface area contributed by atoms with Crippen LogP contribution in [0, 0.1) is 0 Å². The summed E-state index contributed by atoms with van der Waals surface area (Å²) in [6, 6.07) is 5.55. The maximum absolute atomic E-state index is 12.4. The fourth-order valence-corrected chi connectivity index (χ4v) is 4.16. The fraction of sp³-hybridized carbons (Fsp3) is 0.600. The van der Waals surface area contributed by atoms with Crippen LogP contribution in [-0.4, -0.2) is 21.5 Å². The Morgan fingerprint density at radius 3 is 2.50 bits per heavy atom. The molecule has 1 aromatic rings. The van der Waals surface area contributed by atoms with Crippen molar-refractivity contribution in [2.45, 2.75) is 56.5 Å². The summed E-state index contributed by atoms with van der Waals surface area (Å²) in [6.07, 6.45) is 5.05. The summed E-state index contributed by atoms with van der Waals surface area (Å²) in [5.41, 5.74) is 2.25. The Kier molecular flexibility index (Phi) is 5.18. The first-order chi connectivity index (χ1) is 9.56. The third-order valence-corrected chi connectivity index (χ3v) is 5.43. The zero-order valence-corrected chi connectivity index (χ0v) is 13.1. The molecule has 0 saturated heterocycles. The molecule has 20 heavy (non-hydrogen) atoms. The topological polar surface area (TPSA) is 58.2 Å². The lowest BCUT2D eigenvalue weighted by Crippen LogP contribution is -2.32. The third kappa shape index (κ3) is 3.59. The average molecular weight is 296 g/mol. The maximum atomic E-state index is 12.4. The van der Waals surface area contributed by atoms with E-state index in [1.807, 2.05) is 13.1 Å². The van der Waals surface area contributed by atoms with E-state index < -0.39 is 10.0 Å². The van der Waals surface area contributed by atoms with Crippen LogP contribution < -0.4 is 10.0 Å². The summed E-state index contributed by atoms with van der Waals surface area (Å²) >= 11 is 0. The number of hydrogen-bond acceptors (Lipinski definition) is 3. The van der Waals surface area contributed by atoms with Crippen LogP contribution >= 0.6 is 0 Å². The maximum Gasteiger partial charge on any atom is 0.240 e. The minimum absolute atomic E-state index is 0.110. The van der Waals surface area contributed by atoms with Crippen LogP contribution in [-0.2, 0) is 23.0 Å². The number of nitrogens with one attached hydrogen (secondary N) is 2. The number of sulfonamides is 1. The molecule has 4 nitrogen and oxygen atoms in total. The van der Waals surface area contributed by atoms with Crippen LogP contribution in [0.1, 0.15) is 43.7 Å². The number of rotatable bonds is 6. The minimum atomic E-state index is -3.39. The van der Waals surface area contributed by atoms with E-state index in [0.717, 1.165) is 37.7 Å². The van der Waals surface area contributed by atoms with Crippen LogP contribution in [0.4, 0.5) is 0 Å². The molecule has 0 bridgehead atoms. The highest BCUT2D eigenvalue weighted by molar-refractivity contribution is 7.89. The molecule has 1 aliphatic carbocycles. The molecule has 2 N–H and O–H groups in total. The molecule has 0 amide bonds. The van der Waals surface area contributed by atoms with Crippen molar-refractivity contribution in [3.05, 3.63) is 29.3 Å². The highest BCUT2D eigenvalue weighted by Gasteiger charge is 2.23. The second-order valence-electron chi connectivity index (χ2n) is 5.42. The zero-order chi connectivity index (χ0) is 14.6. The predicted molar refractivity (Wildman–Crippen MR) is 81.2 cm³/mol. The van der Waals surface area contributed by atoms with Gasteiger partial charge in [0, 0.05) is 12.6 Å². The van der Waals surface area contributed by atoms with E-state index in [2.05, 4.69) is 17.0 Å². The number of hydrogen-bond donors (Lipinski definition) is 2. The summed E-state index contributed by atoms with van der Waals surface area (Å²) in [5.74, 6) is 0. The predicted octanol–water partition coefficient (Wildman–Crippen LogP) is 2.19. The largest absolute Gasteiger partial charge is 0.316 e. The van der Waals surface area contributed by atoms with Gasteiger partial charge in [-0.2, -0.15) is 0 Å². The molecule has 0 aliphatic heterocycles. The molecule has 112 valence electrons. The molecule has 1 fully saturated rings. The first-order valence-electron chi connectivity index (χ1n) is 7.35. The van der Waals surface area contributed by atoms with Gasteiger partial charge in [0.25, 0.3) is 0 Å². The molecule has 0 atom stereocenters. The molecule has 1 aromatic carbocycles. The monoisotopic (exact) mass is 296 g/mol. The Bertz CT molecular complexity index is 549. The molecule has 1 aliphatic rings. The smallest absolute Gasteiger partial charge is 0.240 e. The Morgan fingerprint density at radius 1 is 1.20 bits per heavy atom. The quantitative estimate of drug-likeness (QED) is 0.846. The van der Waals surface area contributed by atoms with Crippen molar-refractivity contribution >= 4 is 10.0 Å². The van der Waals surface area contributed by atoms with E-state index in [1.165, 1.54) is 5.56 Å². The number of benzene rings is 1. The van der Waals surface area contributed by atoms with E-state index in [0.29, 0.717) is 11.4 Å². The molecule has 0 aromatic heterocycles. The van der Waals surface area contributed by atoms with Crippen molar-refractivity contribution in [2.24, 2.45) is 0 Å². The van der Waals surface area contributed by atoms with Crippen LogP contribution in [0.5, 0.6) is 0 Å². The summed E-state index contributed by atoms with van der Waals surface area (Å²) in [5, 5.41) is 3.10. The Morgan fingerprint density at radius 2 is 1.90 bits per heavy atom. The van der Waals surface area contributed by atoms with E-state index in [-0.39, 0.29) is 6.04 Å². The lowest BCUT2D eigenvalue weighted by atomic mass is 10.1. The van der Waals surface area contributed by atoms with Gasteiger partial charge < -0.3 is 5.32 Å². The fourth-order valence-electron chi connectivity index (χ4n) is 2.80. The standard InChI is InChI=1S/C15H24N2O2S/c1-3-12-8-9-15(10-13(12)11-16-2)20(18,19)17-14-6-4-5-7-14/h8-10,14,16-17H,3-7,11H2,1-2H3.